The van der Waals surface area contributed by atoms with Crippen molar-refractivity contribution in [3.05, 3.63) is 58.6 Å². The fourth-order valence-corrected chi connectivity index (χ4v) is 4.69. The fourth-order valence-electron chi connectivity index (χ4n) is 2.53. The molecule has 10 heteroatoms. The maximum atomic E-state index is 12.8. The van der Waals surface area contributed by atoms with Crippen LogP contribution in [-0.2, 0) is 24.6 Å². The summed E-state index contributed by atoms with van der Waals surface area (Å²) in [7, 11) is -6.15. The highest BCUT2D eigenvalue weighted by atomic mass is 35.5. The minimum Gasteiger partial charge on any atom is -0.465 e. The zero-order valence-corrected chi connectivity index (χ0v) is 17.9. The number of hydrogen-bond donors (Lipinski definition) is 1. The largest absolute Gasteiger partial charge is 0.465 e. The number of carbonyl (C=O) groups excluding carboxylic acids is 1. The Morgan fingerprint density at radius 2 is 1.64 bits per heavy atom. The monoisotopic (exact) mass is 445 g/mol. The molecule has 0 radical (unpaired) electrons. The maximum absolute atomic E-state index is 12.8. The number of carbonyl (C=O) groups is 1. The van der Waals surface area contributed by atoms with E-state index in [-0.39, 0.29) is 20.4 Å². The summed E-state index contributed by atoms with van der Waals surface area (Å²) in [5, 5.41) is 0.0780. The van der Waals surface area contributed by atoms with E-state index in [9.17, 15) is 21.6 Å². The molecule has 0 unspecified atom stereocenters. The molecule has 0 fully saturated rings. The van der Waals surface area contributed by atoms with Gasteiger partial charge in [0.15, 0.2) is 9.84 Å². The second-order valence-electron chi connectivity index (χ2n) is 6.06. The Hall–Kier alpha value is -1.94. The lowest BCUT2D eigenvalue weighted by atomic mass is 10.1. The predicted octanol–water partition coefficient (Wildman–Crippen LogP) is 2.96. The van der Waals surface area contributed by atoms with Crippen molar-refractivity contribution in [2.24, 2.45) is 0 Å². The van der Waals surface area contributed by atoms with Crippen molar-refractivity contribution < 1.29 is 26.4 Å². The molecule has 1 N–H and O–H groups in total. The molecule has 2 aromatic rings. The highest BCUT2D eigenvalue weighted by Crippen LogP contribution is 2.25. The summed E-state index contributed by atoms with van der Waals surface area (Å²) < 4.78 is 55.9. The summed E-state index contributed by atoms with van der Waals surface area (Å²) in [4.78, 5) is 11.8. The number of ether oxygens (including phenoxy) is 1. The second-order valence-corrected chi connectivity index (χ2v) is 10.2. The van der Waals surface area contributed by atoms with Crippen molar-refractivity contribution in [2.45, 2.75) is 29.2 Å². The van der Waals surface area contributed by atoms with E-state index >= 15 is 0 Å². The summed E-state index contributed by atoms with van der Waals surface area (Å²) in [6.45, 7) is 1.79. The first-order valence-electron chi connectivity index (χ1n) is 8.19. The second kappa shape index (κ2) is 8.60. The molecular weight excluding hydrogens is 426 g/mol. The standard InChI is InChI=1S/C18H20ClNO6S2/c1-4-17(12-5-7-13(8-6-12)27(3,22)23)20-28(24,25)14-9-10-16(19)15(11-14)18(21)26-2/h5-11,17,20H,4H2,1-3H3/t17-/m1/s1. The molecule has 2 aromatic carbocycles. The van der Waals surface area contributed by atoms with Gasteiger partial charge in [-0.2, -0.15) is 0 Å². The maximum Gasteiger partial charge on any atom is 0.339 e. The van der Waals surface area contributed by atoms with E-state index in [1.54, 1.807) is 19.1 Å². The van der Waals surface area contributed by atoms with Crippen molar-refractivity contribution in [1.82, 2.24) is 4.72 Å². The van der Waals surface area contributed by atoms with Gasteiger partial charge in [-0.25, -0.2) is 26.4 Å². The van der Waals surface area contributed by atoms with Crippen LogP contribution in [-0.4, -0.2) is 36.2 Å². The Bertz CT molecular complexity index is 1080. The molecule has 0 aliphatic rings. The number of benzene rings is 2. The van der Waals surface area contributed by atoms with Crippen molar-refractivity contribution >= 4 is 37.4 Å². The third-order valence-electron chi connectivity index (χ3n) is 4.07. The van der Waals surface area contributed by atoms with Gasteiger partial charge in [-0.3, -0.25) is 0 Å². The van der Waals surface area contributed by atoms with Gasteiger partial charge in [0.1, 0.15) is 0 Å². The van der Waals surface area contributed by atoms with Gasteiger partial charge in [-0.15, -0.1) is 0 Å². The zero-order valence-electron chi connectivity index (χ0n) is 15.5. The van der Waals surface area contributed by atoms with E-state index in [1.165, 1.54) is 31.4 Å². The number of rotatable bonds is 7. The van der Waals surface area contributed by atoms with Crippen LogP contribution in [0, 0.1) is 0 Å². The molecule has 7 nitrogen and oxygen atoms in total. The molecule has 0 bridgehead atoms. The molecule has 0 aliphatic heterocycles. The van der Waals surface area contributed by atoms with Gasteiger partial charge in [0.05, 0.1) is 27.5 Å². The Morgan fingerprint density at radius 3 is 2.14 bits per heavy atom. The smallest absolute Gasteiger partial charge is 0.339 e. The molecular formula is C18H20ClNO6S2. The third kappa shape index (κ3) is 5.11. The van der Waals surface area contributed by atoms with Crippen molar-refractivity contribution in [3.8, 4) is 0 Å². The molecule has 152 valence electrons. The zero-order chi connectivity index (χ0) is 21.1. The van der Waals surface area contributed by atoms with Crippen LogP contribution in [0.1, 0.15) is 35.3 Å². The van der Waals surface area contributed by atoms with E-state index in [0.717, 1.165) is 12.3 Å². The molecule has 0 saturated heterocycles. The van der Waals surface area contributed by atoms with Gasteiger partial charge < -0.3 is 4.74 Å². The van der Waals surface area contributed by atoms with Gasteiger partial charge in [0.2, 0.25) is 10.0 Å². The number of methoxy groups -OCH3 is 1. The van der Waals surface area contributed by atoms with E-state index in [1.807, 2.05) is 0 Å². The normalized spacial score (nSPS) is 13.1. The first-order chi connectivity index (χ1) is 13.0. The SMILES string of the molecule is CC[C@@H](NS(=O)(=O)c1ccc(Cl)c(C(=O)OC)c1)c1ccc(S(C)(=O)=O)cc1. The highest BCUT2D eigenvalue weighted by molar-refractivity contribution is 7.90. The quantitative estimate of drug-likeness (QED) is 0.656. The van der Waals surface area contributed by atoms with Gasteiger partial charge >= 0.3 is 5.97 Å². The number of esters is 1. The van der Waals surface area contributed by atoms with Crippen molar-refractivity contribution in [2.75, 3.05) is 13.4 Å². The molecule has 0 aromatic heterocycles. The van der Waals surface area contributed by atoms with Crippen LogP contribution in [0.4, 0.5) is 0 Å². The molecule has 0 spiro atoms. The molecule has 0 amide bonds. The van der Waals surface area contributed by atoms with Crippen LogP contribution in [0.25, 0.3) is 0 Å². The molecule has 0 heterocycles. The van der Waals surface area contributed by atoms with Crippen LogP contribution in [0.3, 0.4) is 0 Å². The van der Waals surface area contributed by atoms with Crippen LogP contribution >= 0.6 is 11.6 Å². The topological polar surface area (TPSA) is 107 Å². The Kier molecular flexibility index (Phi) is 6.87. The van der Waals surface area contributed by atoms with Crippen LogP contribution < -0.4 is 4.72 Å². The lowest BCUT2D eigenvalue weighted by molar-refractivity contribution is 0.0600. The molecule has 0 aliphatic carbocycles. The molecule has 1 atom stereocenters. The lowest BCUT2D eigenvalue weighted by Crippen LogP contribution is -2.28. The predicted molar refractivity (Wildman–Crippen MR) is 106 cm³/mol. The Balaban J connectivity index is 2.35. The average Bonchev–Trinajstić information content (AvgIpc) is 2.65. The van der Waals surface area contributed by atoms with Gasteiger partial charge in [0.25, 0.3) is 0 Å². The first kappa shape index (κ1) is 22.4. The summed E-state index contributed by atoms with van der Waals surface area (Å²) in [5.41, 5.74) is 0.554. The van der Waals surface area contributed by atoms with E-state index in [0.29, 0.717) is 12.0 Å². The Labute approximate surface area is 169 Å². The number of hydrogen-bond acceptors (Lipinski definition) is 6. The van der Waals surface area contributed by atoms with Crippen LogP contribution in [0.5, 0.6) is 0 Å². The Morgan fingerprint density at radius 1 is 1.07 bits per heavy atom. The van der Waals surface area contributed by atoms with E-state index < -0.39 is 31.9 Å². The number of sulfone groups is 1. The molecule has 0 saturated carbocycles. The highest BCUT2D eigenvalue weighted by Gasteiger charge is 2.23. The van der Waals surface area contributed by atoms with Gasteiger partial charge in [-0.1, -0.05) is 30.7 Å². The van der Waals surface area contributed by atoms with Crippen molar-refractivity contribution in [3.63, 3.8) is 0 Å². The number of halogens is 1. The summed E-state index contributed by atoms with van der Waals surface area (Å²) >= 11 is 5.94. The van der Waals surface area contributed by atoms with Crippen molar-refractivity contribution in [1.29, 1.82) is 0 Å². The minimum absolute atomic E-state index is 0.0578. The lowest BCUT2D eigenvalue weighted by Gasteiger charge is -2.18. The third-order valence-corrected chi connectivity index (χ3v) is 7.00. The summed E-state index contributed by atoms with van der Waals surface area (Å²) in [6, 6.07) is 9.15. The fraction of sp³-hybridized carbons (Fsp3) is 0.278. The van der Waals surface area contributed by atoms with E-state index in [4.69, 9.17) is 11.6 Å². The van der Waals surface area contributed by atoms with Crippen LogP contribution in [0.2, 0.25) is 5.02 Å². The number of nitrogens with one attached hydrogen (secondary N) is 1. The molecule has 28 heavy (non-hydrogen) atoms. The van der Waals surface area contributed by atoms with Gasteiger partial charge in [-0.05, 0) is 42.3 Å². The van der Waals surface area contributed by atoms with E-state index in [2.05, 4.69) is 9.46 Å². The summed E-state index contributed by atoms with van der Waals surface area (Å²) in [6.07, 6.45) is 1.52. The summed E-state index contributed by atoms with van der Waals surface area (Å²) in [5.74, 6) is -0.745. The first-order valence-corrected chi connectivity index (χ1v) is 11.9. The van der Waals surface area contributed by atoms with Gasteiger partial charge in [0, 0.05) is 12.3 Å². The minimum atomic E-state index is -3.97. The average molecular weight is 446 g/mol. The number of sulfonamides is 1. The van der Waals surface area contributed by atoms with Crippen LogP contribution in [0.15, 0.2) is 52.3 Å². The molecule has 2 rings (SSSR count).